The van der Waals surface area contributed by atoms with E-state index in [1.54, 1.807) is 36.2 Å². The van der Waals surface area contributed by atoms with Crippen LogP contribution in [0.5, 0.6) is 11.5 Å². The number of carbonyl (C=O) groups is 1. The summed E-state index contributed by atoms with van der Waals surface area (Å²) in [6.07, 6.45) is 0. The first-order valence-electron chi connectivity index (χ1n) is 6.10. The highest BCUT2D eigenvalue weighted by Crippen LogP contribution is 2.32. The summed E-state index contributed by atoms with van der Waals surface area (Å²) >= 11 is 0. The van der Waals surface area contributed by atoms with Gasteiger partial charge in [-0.3, -0.25) is 4.90 Å². The molecule has 0 radical (unpaired) electrons. The van der Waals surface area contributed by atoms with Gasteiger partial charge in [0, 0.05) is 31.4 Å². The van der Waals surface area contributed by atoms with Crippen molar-refractivity contribution in [2.45, 2.75) is 0 Å². The number of aliphatic hydroxyl groups excluding tert-OH is 1. The molecule has 1 N–H and O–H groups in total. The molecule has 0 spiro atoms. The summed E-state index contributed by atoms with van der Waals surface area (Å²) in [4.78, 5) is 15.4. The van der Waals surface area contributed by atoms with Crippen LogP contribution in [0.1, 0.15) is 0 Å². The first-order valence-corrected chi connectivity index (χ1v) is 6.10. The van der Waals surface area contributed by atoms with Crippen LogP contribution >= 0.6 is 0 Å². The molecular formula is C13H18N2O4. The lowest BCUT2D eigenvalue weighted by molar-refractivity contribution is 0.199. The smallest absolute Gasteiger partial charge is 0.324 e. The number of hydrogen-bond donors (Lipinski definition) is 1. The monoisotopic (exact) mass is 266 g/mol. The van der Waals surface area contributed by atoms with Crippen molar-refractivity contribution in [2.75, 3.05) is 45.4 Å². The molecule has 0 bridgehead atoms. The lowest BCUT2D eigenvalue weighted by atomic mass is 10.2. The number of hydrogen-bond acceptors (Lipinski definition) is 4. The van der Waals surface area contributed by atoms with E-state index in [9.17, 15) is 4.79 Å². The number of benzene rings is 1. The number of urea groups is 1. The van der Waals surface area contributed by atoms with E-state index in [1.165, 1.54) is 0 Å². The second-order valence-electron chi connectivity index (χ2n) is 4.18. The van der Waals surface area contributed by atoms with Gasteiger partial charge in [0.15, 0.2) is 11.5 Å². The minimum atomic E-state index is -0.0960. The van der Waals surface area contributed by atoms with Crippen LogP contribution in [0.3, 0.4) is 0 Å². The highest BCUT2D eigenvalue weighted by atomic mass is 16.5. The van der Waals surface area contributed by atoms with Crippen LogP contribution in [0.15, 0.2) is 18.2 Å². The molecule has 1 aromatic rings. The van der Waals surface area contributed by atoms with Gasteiger partial charge in [-0.2, -0.15) is 0 Å². The van der Waals surface area contributed by atoms with Crippen molar-refractivity contribution < 1.29 is 19.4 Å². The third-order valence-corrected chi connectivity index (χ3v) is 3.14. The molecular weight excluding hydrogens is 248 g/mol. The summed E-state index contributed by atoms with van der Waals surface area (Å²) in [6.45, 7) is 1.57. The third-order valence-electron chi connectivity index (χ3n) is 3.14. The van der Waals surface area contributed by atoms with Crippen LogP contribution in [-0.4, -0.2) is 56.5 Å². The van der Waals surface area contributed by atoms with E-state index in [0.717, 1.165) is 5.69 Å². The van der Waals surface area contributed by atoms with Crippen molar-refractivity contribution in [3.63, 3.8) is 0 Å². The Bertz CT molecular complexity index is 464. The normalized spacial score (nSPS) is 15.0. The van der Waals surface area contributed by atoms with Crippen molar-refractivity contribution in [1.29, 1.82) is 0 Å². The highest BCUT2D eigenvalue weighted by Gasteiger charge is 2.29. The molecule has 1 fully saturated rings. The summed E-state index contributed by atoms with van der Waals surface area (Å²) in [6, 6.07) is 5.28. The van der Waals surface area contributed by atoms with Crippen LogP contribution in [0.4, 0.5) is 10.5 Å². The van der Waals surface area contributed by atoms with E-state index >= 15 is 0 Å². The number of β-amino-alcohol motifs (C(OH)–C–C–N with tert-alkyl or cyclic N) is 1. The second-order valence-corrected chi connectivity index (χ2v) is 4.18. The lowest BCUT2D eigenvalue weighted by Gasteiger charge is -2.19. The number of amides is 2. The number of methoxy groups -OCH3 is 2. The molecule has 0 unspecified atom stereocenters. The van der Waals surface area contributed by atoms with E-state index in [2.05, 4.69) is 0 Å². The highest BCUT2D eigenvalue weighted by molar-refractivity contribution is 5.94. The molecule has 1 aliphatic heterocycles. The number of rotatable bonds is 5. The predicted molar refractivity (Wildman–Crippen MR) is 70.9 cm³/mol. The zero-order chi connectivity index (χ0) is 13.8. The summed E-state index contributed by atoms with van der Waals surface area (Å²) in [5.41, 5.74) is 0.767. The van der Waals surface area contributed by atoms with Gasteiger partial charge in [-0.1, -0.05) is 0 Å². The SMILES string of the molecule is COc1ccc(N2CCN(CCO)C2=O)cc1OC. The number of nitrogens with zero attached hydrogens (tertiary/aromatic N) is 2. The van der Waals surface area contributed by atoms with Gasteiger partial charge in [-0.25, -0.2) is 4.79 Å². The first-order chi connectivity index (χ1) is 9.21. The van der Waals surface area contributed by atoms with Crippen LogP contribution in [0, 0.1) is 0 Å². The average molecular weight is 266 g/mol. The van der Waals surface area contributed by atoms with Crippen LogP contribution in [-0.2, 0) is 0 Å². The second kappa shape index (κ2) is 5.79. The van der Waals surface area contributed by atoms with Crippen molar-refractivity contribution in [1.82, 2.24) is 4.90 Å². The van der Waals surface area contributed by atoms with E-state index in [0.29, 0.717) is 31.1 Å². The largest absolute Gasteiger partial charge is 0.493 e. The van der Waals surface area contributed by atoms with Gasteiger partial charge in [0.1, 0.15) is 0 Å². The molecule has 2 amide bonds. The van der Waals surface area contributed by atoms with Gasteiger partial charge >= 0.3 is 6.03 Å². The Hall–Kier alpha value is -1.95. The molecule has 1 heterocycles. The molecule has 0 aromatic heterocycles. The van der Waals surface area contributed by atoms with E-state index in [-0.39, 0.29) is 12.6 Å². The molecule has 2 rings (SSSR count). The summed E-state index contributed by atoms with van der Waals surface area (Å²) in [5.74, 6) is 1.22. The van der Waals surface area contributed by atoms with Gasteiger partial charge in [0.2, 0.25) is 0 Å². The summed E-state index contributed by atoms with van der Waals surface area (Å²) in [7, 11) is 3.13. The molecule has 1 aliphatic rings. The zero-order valence-electron chi connectivity index (χ0n) is 11.1. The Balaban J connectivity index is 2.21. The molecule has 6 nitrogen and oxygen atoms in total. The number of ether oxygens (including phenoxy) is 2. The molecule has 104 valence electrons. The fraction of sp³-hybridized carbons (Fsp3) is 0.462. The molecule has 0 aliphatic carbocycles. The summed E-state index contributed by atoms with van der Waals surface area (Å²) < 4.78 is 10.4. The van der Waals surface area contributed by atoms with Crippen LogP contribution in [0.2, 0.25) is 0 Å². The van der Waals surface area contributed by atoms with Crippen LogP contribution in [0.25, 0.3) is 0 Å². The van der Waals surface area contributed by atoms with Gasteiger partial charge in [0.05, 0.1) is 20.8 Å². The van der Waals surface area contributed by atoms with Gasteiger partial charge < -0.3 is 19.5 Å². The molecule has 1 saturated heterocycles. The van der Waals surface area contributed by atoms with Gasteiger partial charge in [0.25, 0.3) is 0 Å². The topological polar surface area (TPSA) is 62.2 Å². The first kappa shape index (κ1) is 13.5. The Morgan fingerprint density at radius 3 is 2.58 bits per heavy atom. The number of anilines is 1. The third kappa shape index (κ3) is 2.58. The fourth-order valence-corrected chi connectivity index (χ4v) is 2.14. The average Bonchev–Trinajstić information content (AvgIpc) is 2.80. The Kier molecular flexibility index (Phi) is 4.11. The van der Waals surface area contributed by atoms with Crippen molar-refractivity contribution >= 4 is 11.7 Å². The Labute approximate surface area is 112 Å². The molecule has 0 atom stereocenters. The van der Waals surface area contributed by atoms with Crippen molar-refractivity contribution in [3.05, 3.63) is 18.2 Å². The molecule has 1 aromatic carbocycles. The predicted octanol–water partition coefficient (Wildman–Crippen LogP) is 0.938. The Morgan fingerprint density at radius 1 is 1.21 bits per heavy atom. The van der Waals surface area contributed by atoms with E-state index in [4.69, 9.17) is 14.6 Å². The van der Waals surface area contributed by atoms with Crippen molar-refractivity contribution in [3.8, 4) is 11.5 Å². The number of carbonyl (C=O) groups excluding carboxylic acids is 1. The van der Waals surface area contributed by atoms with Crippen molar-refractivity contribution in [2.24, 2.45) is 0 Å². The molecule has 0 saturated carbocycles. The standard InChI is InChI=1S/C13H18N2O4/c1-18-11-4-3-10(9-12(11)19-2)15-6-5-14(7-8-16)13(15)17/h3-4,9,16H,5-8H2,1-2H3. The molecule has 6 heteroatoms. The van der Waals surface area contributed by atoms with E-state index < -0.39 is 0 Å². The molecule has 19 heavy (non-hydrogen) atoms. The van der Waals surface area contributed by atoms with Crippen LogP contribution < -0.4 is 14.4 Å². The minimum Gasteiger partial charge on any atom is -0.493 e. The maximum absolute atomic E-state index is 12.1. The maximum atomic E-state index is 12.1. The Morgan fingerprint density at radius 2 is 1.95 bits per heavy atom. The minimum absolute atomic E-state index is 0.0223. The van der Waals surface area contributed by atoms with Gasteiger partial charge in [-0.05, 0) is 12.1 Å². The fourth-order valence-electron chi connectivity index (χ4n) is 2.14. The zero-order valence-corrected chi connectivity index (χ0v) is 11.1. The quantitative estimate of drug-likeness (QED) is 0.861. The maximum Gasteiger partial charge on any atom is 0.324 e. The number of aliphatic hydroxyl groups is 1. The van der Waals surface area contributed by atoms with Gasteiger partial charge in [-0.15, -0.1) is 0 Å². The lowest BCUT2D eigenvalue weighted by Crippen LogP contribution is -2.33. The summed E-state index contributed by atoms with van der Waals surface area (Å²) in [5, 5.41) is 8.90. The van der Waals surface area contributed by atoms with E-state index in [1.807, 2.05) is 6.07 Å².